The molecular formula is C22H19FN4O. The molecule has 4 aromatic rings. The van der Waals surface area contributed by atoms with Crippen LogP contribution in [-0.2, 0) is 6.54 Å². The van der Waals surface area contributed by atoms with Crippen LogP contribution in [0.3, 0.4) is 0 Å². The van der Waals surface area contributed by atoms with Gasteiger partial charge in [0.2, 0.25) is 0 Å². The standard InChI is InChI=1S/C22H19FN4O/c1-15(19-8-4-6-17-5-2-3-7-20(17)19)24-22(28)21-14-27(26-25-21)13-16-9-11-18(23)12-10-16/h2-12,14-15H,13H2,1H3,(H,24,28)/t15-/m1/s1. The number of aromatic nitrogens is 3. The molecular weight excluding hydrogens is 355 g/mol. The van der Waals surface area contributed by atoms with E-state index in [0.29, 0.717) is 6.54 Å². The van der Waals surface area contributed by atoms with E-state index < -0.39 is 0 Å². The number of carbonyl (C=O) groups is 1. The van der Waals surface area contributed by atoms with Gasteiger partial charge in [-0.2, -0.15) is 0 Å². The minimum absolute atomic E-state index is 0.180. The van der Waals surface area contributed by atoms with Crippen molar-refractivity contribution in [2.24, 2.45) is 0 Å². The van der Waals surface area contributed by atoms with Gasteiger partial charge >= 0.3 is 0 Å². The molecule has 0 unspecified atom stereocenters. The summed E-state index contributed by atoms with van der Waals surface area (Å²) in [6.45, 7) is 2.36. The van der Waals surface area contributed by atoms with Crippen LogP contribution in [0.4, 0.5) is 4.39 Å². The summed E-state index contributed by atoms with van der Waals surface area (Å²) in [6, 6.07) is 20.1. The van der Waals surface area contributed by atoms with Crippen LogP contribution in [0.15, 0.2) is 72.9 Å². The molecule has 1 heterocycles. The Morgan fingerprint density at radius 1 is 1.07 bits per heavy atom. The van der Waals surface area contributed by atoms with Gasteiger partial charge in [0.15, 0.2) is 5.69 Å². The third-order valence-electron chi connectivity index (χ3n) is 4.67. The van der Waals surface area contributed by atoms with Gasteiger partial charge < -0.3 is 5.32 Å². The SMILES string of the molecule is C[C@@H](NC(=O)c1cn(Cc2ccc(F)cc2)nn1)c1cccc2ccccc12. The van der Waals surface area contributed by atoms with Crippen LogP contribution in [0.2, 0.25) is 0 Å². The second-order valence-corrected chi connectivity index (χ2v) is 6.69. The lowest BCUT2D eigenvalue weighted by atomic mass is 9.99. The van der Waals surface area contributed by atoms with E-state index in [9.17, 15) is 9.18 Å². The fraction of sp³-hybridized carbons (Fsp3) is 0.136. The zero-order valence-corrected chi connectivity index (χ0v) is 15.3. The van der Waals surface area contributed by atoms with Crippen LogP contribution >= 0.6 is 0 Å². The first-order valence-corrected chi connectivity index (χ1v) is 9.03. The van der Waals surface area contributed by atoms with E-state index in [1.54, 1.807) is 23.0 Å². The third-order valence-corrected chi connectivity index (χ3v) is 4.67. The molecule has 0 fully saturated rings. The molecule has 1 aromatic heterocycles. The lowest BCUT2D eigenvalue weighted by Gasteiger charge is -2.15. The van der Waals surface area contributed by atoms with Crippen LogP contribution in [0.25, 0.3) is 10.8 Å². The Kier molecular flexibility index (Phi) is 4.85. The summed E-state index contributed by atoms with van der Waals surface area (Å²) in [5.74, 6) is -0.573. The molecule has 5 nitrogen and oxygen atoms in total. The number of benzene rings is 3. The zero-order chi connectivity index (χ0) is 19.5. The van der Waals surface area contributed by atoms with Crippen molar-refractivity contribution in [3.8, 4) is 0 Å². The van der Waals surface area contributed by atoms with E-state index in [1.165, 1.54) is 12.1 Å². The first-order chi connectivity index (χ1) is 13.6. The summed E-state index contributed by atoms with van der Waals surface area (Å²) in [4.78, 5) is 12.6. The molecule has 0 spiro atoms. The summed E-state index contributed by atoms with van der Waals surface area (Å²) >= 11 is 0. The average Bonchev–Trinajstić information content (AvgIpc) is 3.18. The number of nitrogens with one attached hydrogen (secondary N) is 1. The second kappa shape index (κ2) is 7.60. The Bertz CT molecular complexity index is 1120. The van der Waals surface area contributed by atoms with Gasteiger partial charge in [0.05, 0.1) is 18.8 Å². The number of hydrogen-bond acceptors (Lipinski definition) is 3. The molecule has 1 amide bonds. The number of halogens is 1. The molecule has 28 heavy (non-hydrogen) atoms. The molecule has 1 atom stereocenters. The predicted octanol–water partition coefficient (Wildman–Crippen LogP) is 4.11. The van der Waals surface area contributed by atoms with Crippen molar-refractivity contribution in [3.63, 3.8) is 0 Å². The van der Waals surface area contributed by atoms with E-state index in [-0.39, 0.29) is 23.5 Å². The van der Waals surface area contributed by atoms with E-state index in [2.05, 4.69) is 27.8 Å². The number of nitrogens with zero attached hydrogens (tertiary/aromatic N) is 3. The van der Waals surface area contributed by atoms with Gasteiger partial charge in [-0.15, -0.1) is 5.10 Å². The van der Waals surface area contributed by atoms with Crippen LogP contribution in [0.5, 0.6) is 0 Å². The molecule has 0 aliphatic rings. The third kappa shape index (κ3) is 3.76. The lowest BCUT2D eigenvalue weighted by molar-refractivity contribution is 0.0935. The fourth-order valence-electron chi connectivity index (χ4n) is 3.23. The van der Waals surface area contributed by atoms with Crippen molar-refractivity contribution in [2.45, 2.75) is 19.5 Å². The van der Waals surface area contributed by atoms with Crippen molar-refractivity contribution in [1.29, 1.82) is 0 Å². The molecule has 3 aromatic carbocycles. The van der Waals surface area contributed by atoms with Crippen LogP contribution in [0, 0.1) is 5.82 Å². The van der Waals surface area contributed by atoms with Crippen molar-refractivity contribution >= 4 is 16.7 Å². The maximum absolute atomic E-state index is 13.0. The molecule has 0 aliphatic heterocycles. The predicted molar refractivity (Wildman–Crippen MR) is 105 cm³/mol. The minimum atomic E-state index is -0.287. The first kappa shape index (κ1) is 17.9. The highest BCUT2D eigenvalue weighted by molar-refractivity contribution is 5.93. The first-order valence-electron chi connectivity index (χ1n) is 9.03. The normalized spacial score (nSPS) is 12.1. The summed E-state index contributed by atoms with van der Waals surface area (Å²) in [5.41, 5.74) is 2.17. The summed E-state index contributed by atoms with van der Waals surface area (Å²) in [5, 5.41) is 13.2. The Labute approximate surface area is 161 Å². The summed E-state index contributed by atoms with van der Waals surface area (Å²) in [7, 11) is 0. The van der Waals surface area contributed by atoms with E-state index >= 15 is 0 Å². The van der Waals surface area contributed by atoms with Crippen LogP contribution in [-0.4, -0.2) is 20.9 Å². The Hall–Kier alpha value is -3.54. The van der Waals surface area contributed by atoms with Gasteiger partial charge in [-0.1, -0.05) is 59.8 Å². The van der Waals surface area contributed by atoms with Crippen LogP contribution < -0.4 is 5.32 Å². The molecule has 1 N–H and O–H groups in total. The summed E-state index contributed by atoms with van der Waals surface area (Å²) < 4.78 is 14.6. The molecule has 0 radical (unpaired) electrons. The highest BCUT2D eigenvalue weighted by Crippen LogP contribution is 2.24. The van der Waals surface area contributed by atoms with Gasteiger partial charge in [0, 0.05) is 0 Å². The highest BCUT2D eigenvalue weighted by atomic mass is 19.1. The van der Waals surface area contributed by atoms with Gasteiger partial charge in [0.1, 0.15) is 5.82 Å². The number of hydrogen-bond donors (Lipinski definition) is 1. The highest BCUT2D eigenvalue weighted by Gasteiger charge is 2.16. The van der Waals surface area contributed by atoms with E-state index in [4.69, 9.17) is 0 Å². The molecule has 0 aliphatic carbocycles. The van der Waals surface area contributed by atoms with Crippen molar-refractivity contribution in [1.82, 2.24) is 20.3 Å². The van der Waals surface area contributed by atoms with E-state index in [1.807, 2.05) is 37.3 Å². The van der Waals surface area contributed by atoms with Gasteiger partial charge in [-0.25, -0.2) is 9.07 Å². The number of carbonyl (C=O) groups excluding carboxylic acids is 1. The molecule has 0 saturated heterocycles. The molecule has 6 heteroatoms. The van der Waals surface area contributed by atoms with Gasteiger partial charge in [-0.3, -0.25) is 4.79 Å². The monoisotopic (exact) mass is 374 g/mol. The Balaban J connectivity index is 1.47. The molecule has 4 rings (SSSR count). The number of amides is 1. The van der Waals surface area contributed by atoms with Crippen molar-refractivity contribution in [2.75, 3.05) is 0 Å². The Morgan fingerprint density at radius 3 is 2.64 bits per heavy atom. The number of rotatable bonds is 5. The topological polar surface area (TPSA) is 59.8 Å². The zero-order valence-electron chi connectivity index (χ0n) is 15.3. The van der Waals surface area contributed by atoms with Crippen molar-refractivity contribution in [3.05, 3.63) is 95.6 Å². The molecule has 0 saturated carbocycles. The quantitative estimate of drug-likeness (QED) is 0.572. The molecule has 0 bridgehead atoms. The Morgan fingerprint density at radius 2 is 1.82 bits per heavy atom. The van der Waals surface area contributed by atoms with Gasteiger partial charge in [-0.05, 0) is 41.0 Å². The van der Waals surface area contributed by atoms with Gasteiger partial charge in [0.25, 0.3) is 5.91 Å². The maximum Gasteiger partial charge on any atom is 0.273 e. The van der Waals surface area contributed by atoms with Crippen molar-refractivity contribution < 1.29 is 9.18 Å². The van der Waals surface area contributed by atoms with E-state index in [0.717, 1.165) is 21.9 Å². The second-order valence-electron chi connectivity index (χ2n) is 6.69. The largest absolute Gasteiger partial charge is 0.344 e. The maximum atomic E-state index is 13.0. The molecule has 140 valence electrons. The minimum Gasteiger partial charge on any atom is -0.344 e. The fourth-order valence-corrected chi connectivity index (χ4v) is 3.23. The smallest absolute Gasteiger partial charge is 0.273 e. The summed E-state index contributed by atoms with van der Waals surface area (Å²) in [6.07, 6.45) is 1.59. The average molecular weight is 374 g/mol. The van der Waals surface area contributed by atoms with Crippen LogP contribution in [0.1, 0.15) is 34.6 Å². The lowest BCUT2D eigenvalue weighted by Crippen LogP contribution is -2.27. The number of fused-ring (bicyclic) bond motifs is 1.